The summed E-state index contributed by atoms with van der Waals surface area (Å²) in [4.78, 5) is 35.0. The standard InChI is InChI=1S/C12H20N2O4/c1-8(2)7-9-11(17)14(12(18)13-9)6-4-3-5-10(15)16/h8-9H,3-7H2,1-2H3,(H,13,18)(H,15,16). The first-order valence-corrected chi connectivity index (χ1v) is 6.25. The maximum atomic E-state index is 11.9. The Labute approximate surface area is 106 Å². The van der Waals surface area contributed by atoms with Gasteiger partial charge in [-0.25, -0.2) is 4.79 Å². The molecule has 102 valence electrons. The van der Waals surface area contributed by atoms with E-state index >= 15 is 0 Å². The Kier molecular flexibility index (Phi) is 5.12. The molecule has 1 unspecified atom stereocenters. The highest BCUT2D eigenvalue weighted by atomic mass is 16.4. The number of carboxylic acids is 1. The molecule has 6 nitrogen and oxygen atoms in total. The molecule has 0 saturated carbocycles. The number of aliphatic carboxylic acids is 1. The van der Waals surface area contributed by atoms with Gasteiger partial charge in [-0.1, -0.05) is 13.8 Å². The highest BCUT2D eigenvalue weighted by Crippen LogP contribution is 2.15. The number of unbranched alkanes of at least 4 members (excludes halogenated alkanes) is 1. The molecule has 1 rings (SSSR count). The molecule has 0 aliphatic carbocycles. The maximum Gasteiger partial charge on any atom is 0.324 e. The second-order valence-corrected chi connectivity index (χ2v) is 4.97. The molecule has 1 aliphatic rings. The summed E-state index contributed by atoms with van der Waals surface area (Å²) in [5.41, 5.74) is 0. The van der Waals surface area contributed by atoms with Crippen LogP contribution < -0.4 is 5.32 Å². The Morgan fingerprint density at radius 3 is 2.61 bits per heavy atom. The molecule has 0 spiro atoms. The lowest BCUT2D eigenvalue weighted by atomic mass is 10.0. The largest absolute Gasteiger partial charge is 0.481 e. The molecule has 1 fully saturated rings. The van der Waals surface area contributed by atoms with Crippen molar-refractivity contribution in [1.82, 2.24) is 10.2 Å². The van der Waals surface area contributed by atoms with Gasteiger partial charge in [0.05, 0.1) is 0 Å². The second-order valence-electron chi connectivity index (χ2n) is 4.97. The van der Waals surface area contributed by atoms with Crippen LogP contribution in [0.1, 0.15) is 39.5 Å². The number of carbonyl (C=O) groups excluding carboxylic acids is 2. The smallest absolute Gasteiger partial charge is 0.324 e. The van der Waals surface area contributed by atoms with Gasteiger partial charge < -0.3 is 10.4 Å². The minimum absolute atomic E-state index is 0.0685. The predicted molar refractivity (Wildman–Crippen MR) is 65.0 cm³/mol. The number of hydrogen-bond acceptors (Lipinski definition) is 3. The van der Waals surface area contributed by atoms with Gasteiger partial charge in [0.2, 0.25) is 0 Å². The Morgan fingerprint density at radius 2 is 2.06 bits per heavy atom. The first-order valence-electron chi connectivity index (χ1n) is 6.25. The van der Waals surface area contributed by atoms with Crippen LogP contribution in [0.3, 0.4) is 0 Å². The van der Waals surface area contributed by atoms with Gasteiger partial charge in [0, 0.05) is 13.0 Å². The van der Waals surface area contributed by atoms with E-state index in [-0.39, 0.29) is 18.4 Å². The van der Waals surface area contributed by atoms with Crippen molar-refractivity contribution in [3.63, 3.8) is 0 Å². The number of amides is 3. The topological polar surface area (TPSA) is 86.7 Å². The lowest BCUT2D eigenvalue weighted by Gasteiger charge is -2.13. The summed E-state index contributed by atoms with van der Waals surface area (Å²) in [6, 6.07) is -0.780. The van der Waals surface area contributed by atoms with Crippen molar-refractivity contribution < 1.29 is 19.5 Å². The minimum atomic E-state index is -0.857. The maximum absolute atomic E-state index is 11.9. The molecule has 0 bridgehead atoms. The molecule has 0 aromatic heterocycles. The Hall–Kier alpha value is -1.59. The number of rotatable bonds is 7. The third-order valence-electron chi connectivity index (χ3n) is 2.84. The minimum Gasteiger partial charge on any atom is -0.481 e. The summed E-state index contributed by atoms with van der Waals surface area (Å²) in [6.45, 7) is 4.29. The van der Waals surface area contributed by atoms with Crippen molar-refractivity contribution in [2.45, 2.75) is 45.6 Å². The lowest BCUT2D eigenvalue weighted by Crippen LogP contribution is -2.32. The Bertz CT molecular complexity index is 341. The molecule has 1 heterocycles. The molecule has 2 N–H and O–H groups in total. The zero-order valence-corrected chi connectivity index (χ0v) is 10.8. The van der Waals surface area contributed by atoms with Crippen LogP contribution in [0.25, 0.3) is 0 Å². The number of imide groups is 1. The number of carboxylic acid groups (broad SMARTS) is 1. The summed E-state index contributed by atoms with van der Waals surface area (Å²) in [5.74, 6) is -0.708. The van der Waals surface area contributed by atoms with E-state index in [0.717, 1.165) is 0 Å². The average molecular weight is 256 g/mol. The van der Waals surface area contributed by atoms with Gasteiger partial charge in [-0.2, -0.15) is 0 Å². The molecule has 1 saturated heterocycles. The van der Waals surface area contributed by atoms with Gasteiger partial charge in [0.15, 0.2) is 0 Å². The Balaban J connectivity index is 2.39. The third-order valence-corrected chi connectivity index (χ3v) is 2.84. The van der Waals surface area contributed by atoms with Gasteiger partial charge >= 0.3 is 12.0 Å². The monoisotopic (exact) mass is 256 g/mol. The van der Waals surface area contributed by atoms with E-state index in [4.69, 9.17) is 5.11 Å². The molecule has 0 radical (unpaired) electrons. The molecule has 3 amide bonds. The van der Waals surface area contributed by atoms with Gasteiger partial charge in [0.25, 0.3) is 5.91 Å². The fourth-order valence-electron chi connectivity index (χ4n) is 1.97. The van der Waals surface area contributed by atoms with Gasteiger partial charge in [-0.3, -0.25) is 14.5 Å². The van der Waals surface area contributed by atoms with Crippen LogP contribution in [-0.2, 0) is 9.59 Å². The summed E-state index contributed by atoms with van der Waals surface area (Å²) in [7, 11) is 0. The SMILES string of the molecule is CC(C)CC1NC(=O)N(CCCCC(=O)O)C1=O. The lowest BCUT2D eigenvalue weighted by molar-refractivity contribution is -0.137. The van der Waals surface area contributed by atoms with Crippen LogP contribution in [-0.4, -0.2) is 40.5 Å². The van der Waals surface area contributed by atoms with Crippen molar-refractivity contribution in [2.24, 2.45) is 5.92 Å². The number of nitrogens with one attached hydrogen (secondary N) is 1. The normalized spacial score (nSPS) is 19.5. The van der Waals surface area contributed by atoms with Crippen LogP contribution in [0.15, 0.2) is 0 Å². The van der Waals surface area contributed by atoms with Gasteiger partial charge in [-0.15, -0.1) is 0 Å². The number of urea groups is 1. The summed E-state index contributed by atoms with van der Waals surface area (Å²) >= 11 is 0. The summed E-state index contributed by atoms with van der Waals surface area (Å²) in [6.07, 6.45) is 1.70. The fourth-order valence-corrected chi connectivity index (χ4v) is 1.97. The first kappa shape index (κ1) is 14.5. The highest BCUT2D eigenvalue weighted by Gasteiger charge is 2.37. The fraction of sp³-hybridized carbons (Fsp3) is 0.750. The van der Waals surface area contributed by atoms with Crippen molar-refractivity contribution in [1.29, 1.82) is 0 Å². The van der Waals surface area contributed by atoms with Crippen LogP contribution in [0.4, 0.5) is 4.79 Å². The van der Waals surface area contributed by atoms with E-state index in [1.54, 1.807) is 0 Å². The van der Waals surface area contributed by atoms with Crippen molar-refractivity contribution in [3.8, 4) is 0 Å². The number of hydrogen-bond donors (Lipinski definition) is 2. The zero-order chi connectivity index (χ0) is 13.7. The van der Waals surface area contributed by atoms with Crippen LogP contribution >= 0.6 is 0 Å². The van der Waals surface area contributed by atoms with Crippen LogP contribution in [0.5, 0.6) is 0 Å². The van der Waals surface area contributed by atoms with E-state index in [0.29, 0.717) is 31.7 Å². The van der Waals surface area contributed by atoms with Gasteiger partial charge in [-0.05, 0) is 25.2 Å². The van der Waals surface area contributed by atoms with E-state index in [1.165, 1.54) is 4.90 Å². The van der Waals surface area contributed by atoms with E-state index in [2.05, 4.69) is 5.32 Å². The molecule has 6 heteroatoms. The molecule has 1 aliphatic heterocycles. The number of carbonyl (C=O) groups is 3. The second kappa shape index (κ2) is 6.37. The van der Waals surface area contributed by atoms with Crippen LogP contribution in [0, 0.1) is 5.92 Å². The molecule has 0 aromatic carbocycles. The quantitative estimate of drug-likeness (QED) is 0.529. The summed E-state index contributed by atoms with van der Waals surface area (Å²) in [5, 5.41) is 11.1. The molecule has 0 aromatic rings. The molecule has 1 atom stereocenters. The highest BCUT2D eigenvalue weighted by molar-refractivity contribution is 6.04. The van der Waals surface area contributed by atoms with Crippen molar-refractivity contribution in [2.75, 3.05) is 6.54 Å². The van der Waals surface area contributed by atoms with E-state index < -0.39 is 12.0 Å². The molecular weight excluding hydrogens is 236 g/mol. The number of nitrogens with zero attached hydrogens (tertiary/aromatic N) is 1. The molecule has 18 heavy (non-hydrogen) atoms. The average Bonchev–Trinajstić information content (AvgIpc) is 2.49. The van der Waals surface area contributed by atoms with Crippen LogP contribution in [0.2, 0.25) is 0 Å². The Morgan fingerprint density at radius 1 is 1.39 bits per heavy atom. The molecular formula is C12H20N2O4. The summed E-state index contributed by atoms with van der Waals surface area (Å²) < 4.78 is 0. The third kappa shape index (κ3) is 4.01. The van der Waals surface area contributed by atoms with Gasteiger partial charge in [0.1, 0.15) is 6.04 Å². The zero-order valence-electron chi connectivity index (χ0n) is 10.8. The predicted octanol–water partition coefficient (Wildman–Crippen LogP) is 1.21. The van der Waals surface area contributed by atoms with Crippen molar-refractivity contribution in [3.05, 3.63) is 0 Å². The van der Waals surface area contributed by atoms with E-state index in [1.807, 2.05) is 13.8 Å². The first-order chi connectivity index (χ1) is 8.41. The van der Waals surface area contributed by atoms with E-state index in [9.17, 15) is 14.4 Å². The van der Waals surface area contributed by atoms with Crippen molar-refractivity contribution >= 4 is 17.9 Å².